The second kappa shape index (κ2) is 6.26. The van der Waals surface area contributed by atoms with Crippen LogP contribution in [-0.4, -0.2) is 25.2 Å². The lowest BCUT2D eigenvalue weighted by atomic mass is 10.1. The van der Waals surface area contributed by atoms with Gasteiger partial charge in [-0.15, -0.1) is 0 Å². The van der Waals surface area contributed by atoms with Gasteiger partial charge in [0.15, 0.2) is 0 Å². The molecule has 0 heterocycles. The maximum Gasteiger partial charge on any atom is 0.335 e. The second-order valence-corrected chi connectivity index (χ2v) is 4.83. The van der Waals surface area contributed by atoms with Gasteiger partial charge in [-0.05, 0) is 35.9 Å². The fraction of sp³-hybridized carbons (Fsp3) is 0.188. The molecule has 1 N–H and O–H groups in total. The summed E-state index contributed by atoms with van der Waals surface area (Å²) in [5.74, 6) is -1.11. The third kappa shape index (κ3) is 3.95. The Hall–Kier alpha value is -2.56. The van der Waals surface area contributed by atoms with Gasteiger partial charge in [0, 0.05) is 25.8 Å². The van der Waals surface area contributed by atoms with Crippen molar-refractivity contribution in [1.29, 1.82) is 0 Å². The van der Waals surface area contributed by atoms with Gasteiger partial charge >= 0.3 is 5.97 Å². The van der Waals surface area contributed by atoms with Crippen LogP contribution in [0, 0.1) is 5.82 Å². The van der Waals surface area contributed by atoms with Crippen LogP contribution in [0.5, 0.6) is 5.75 Å². The number of benzene rings is 2. The SMILES string of the molecule is CN(C)c1cccc(OCc2cc(F)cc(C(=O)O)c2)c1. The van der Waals surface area contributed by atoms with Crippen LogP contribution in [0.4, 0.5) is 10.1 Å². The maximum atomic E-state index is 13.4. The summed E-state index contributed by atoms with van der Waals surface area (Å²) in [5.41, 5.74) is 1.37. The topological polar surface area (TPSA) is 49.8 Å². The summed E-state index contributed by atoms with van der Waals surface area (Å²) >= 11 is 0. The fourth-order valence-corrected chi connectivity index (χ4v) is 1.88. The molecule has 0 amide bonds. The minimum atomic E-state index is -1.16. The summed E-state index contributed by atoms with van der Waals surface area (Å²) in [4.78, 5) is 12.8. The summed E-state index contributed by atoms with van der Waals surface area (Å²) < 4.78 is 18.9. The normalized spacial score (nSPS) is 10.2. The number of hydrogen-bond acceptors (Lipinski definition) is 3. The lowest BCUT2D eigenvalue weighted by Crippen LogP contribution is -2.08. The maximum absolute atomic E-state index is 13.4. The lowest BCUT2D eigenvalue weighted by Gasteiger charge is -2.14. The van der Waals surface area contributed by atoms with Crippen molar-refractivity contribution in [2.45, 2.75) is 6.61 Å². The molecule has 5 heteroatoms. The Kier molecular flexibility index (Phi) is 4.42. The molecule has 0 aliphatic heterocycles. The lowest BCUT2D eigenvalue weighted by molar-refractivity contribution is 0.0696. The summed E-state index contributed by atoms with van der Waals surface area (Å²) in [7, 11) is 3.84. The first-order chi connectivity index (χ1) is 9.95. The van der Waals surface area contributed by atoms with Crippen LogP contribution in [0.2, 0.25) is 0 Å². The molecule has 0 atom stereocenters. The van der Waals surface area contributed by atoms with Gasteiger partial charge in [0.25, 0.3) is 0 Å². The summed E-state index contributed by atoms with van der Waals surface area (Å²) in [5, 5.41) is 8.90. The van der Waals surface area contributed by atoms with Gasteiger partial charge in [-0.2, -0.15) is 0 Å². The standard InChI is InChI=1S/C16H16FNO3/c1-18(2)14-4-3-5-15(9-14)21-10-11-6-12(16(19)20)8-13(17)7-11/h3-9H,10H2,1-2H3,(H,19,20). The highest BCUT2D eigenvalue weighted by Crippen LogP contribution is 2.20. The number of anilines is 1. The van der Waals surface area contributed by atoms with Gasteiger partial charge in [-0.25, -0.2) is 9.18 Å². The zero-order valence-electron chi connectivity index (χ0n) is 11.8. The van der Waals surface area contributed by atoms with E-state index in [4.69, 9.17) is 9.84 Å². The summed E-state index contributed by atoms with van der Waals surface area (Å²) in [6.07, 6.45) is 0. The van der Waals surface area contributed by atoms with E-state index in [1.54, 1.807) is 6.07 Å². The Morgan fingerprint density at radius 2 is 2.00 bits per heavy atom. The zero-order chi connectivity index (χ0) is 15.4. The predicted octanol–water partition coefficient (Wildman–Crippen LogP) is 3.17. The summed E-state index contributed by atoms with van der Waals surface area (Å²) in [6.45, 7) is 0.106. The number of rotatable bonds is 5. The minimum Gasteiger partial charge on any atom is -0.489 e. The molecule has 0 aliphatic carbocycles. The van der Waals surface area contributed by atoms with E-state index in [0.717, 1.165) is 11.8 Å². The first-order valence-corrected chi connectivity index (χ1v) is 6.38. The molecule has 0 aliphatic rings. The molecular weight excluding hydrogens is 273 g/mol. The third-order valence-corrected chi connectivity index (χ3v) is 2.94. The van der Waals surface area contributed by atoms with E-state index < -0.39 is 11.8 Å². The molecule has 0 aromatic heterocycles. The van der Waals surface area contributed by atoms with Crippen LogP contribution in [0.1, 0.15) is 15.9 Å². The van der Waals surface area contributed by atoms with E-state index in [1.165, 1.54) is 12.1 Å². The molecule has 2 rings (SSSR count). The monoisotopic (exact) mass is 289 g/mol. The van der Waals surface area contributed by atoms with Crippen molar-refractivity contribution in [2.75, 3.05) is 19.0 Å². The smallest absolute Gasteiger partial charge is 0.335 e. The van der Waals surface area contributed by atoms with Crippen molar-refractivity contribution in [2.24, 2.45) is 0 Å². The van der Waals surface area contributed by atoms with Crippen molar-refractivity contribution in [3.63, 3.8) is 0 Å². The Bertz CT molecular complexity index is 656. The van der Waals surface area contributed by atoms with Crippen molar-refractivity contribution in [1.82, 2.24) is 0 Å². The third-order valence-electron chi connectivity index (χ3n) is 2.94. The van der Waals surface area contributed by atoms with E-state index in [2.05, 4.69) is 0 Å². The molecule has 0 saturated heterocycles. The second-order valence-electron chi connectivity index (χ2n) is 4.83. The molecule has 0 bridgehead atoms. The average Bonchev–Trinajstić information content (AvgIpc) is 2.45. The first-order valence-electron chi connectivity index (χ1n) is 6.38. The van der Waals surface area contributed by atoms with E-state index in [1.807, 2.05) is 37.2 Å². The Balaban J connectivity index is 2.13. The number of carbonyl (C=O) groups is 1. The van der Waals surface area contributed by atoms with Crippen molar-refractivity contribution in [3.05, 3.63) is 59.4 Å². The number of carboxylic acids is 1. The quantitative estimate of drug-likeness (QED) is 0.918. The highest BCUT2D eigenvalue weighted by molar-refractivity contribution is 5.87. The first kappa shape index (κ1) is 14.8. The van der Waals surface area contributed by atoms with Gasteiger partial charge in [-0.3, -0.25) is 0 Å². The van der Waals surface area contributed by atoms with Crippen LogP contribution < -0.4 is 9.64 Å². The zero-order valence-corrected chi connectivity index (χ0v) is 11.8. The molecule has 21 heavy (non-hydrogen) atoms. The van der Waals surface area contributed by atoms with Crippen LogP contribution >= 0.6 is 0 Å². The van der Waals surface area contributed by atoms with Gasteiger partial charge in [0.05, 0.1) is 5.56 Å². The van der Waals surface area contributed by atoms with Crippen LogP contribution in [0.3, 0.4) is 0 Å². The molecule has 2 aromatic carbocycles. The van der Waals surface area contributed by atoms with Crippen molar-refractivity contribution >= 4 is 11.7 Å². The largest absolute Gasteiger partial charge is 0.489 e. The van der Waals surface area contributed by atoms with Gasteiger partial charge in [0.1, 0.15) is 18.2 Å². The average molecular weight is 289 g/mol. The van der Waals surface area contributed by atoms with Crippen LogP contribution in [0.25, 0.3) is 0 Å². The Labute approximate surface area is 122 Å². The van der Waals surface area contributed by atoms with E-state index in [0.29, 0.717) is 11.3 Å². The molecule has 110 valence electrons. The molecule has 4 nitrogen and oxygen atoms in total. The van der Waals surface area contributed by atoms with Crippen molar-refractivity contribution < 1.29 is 19.0 Å². The molecule has 0 fully saturated rings. The Morgan fingerprint density at radius 1 is 1.24 bits per heavy atom. The van der Waals surface area contributed by atoms with E-state index >= 15 is 0 Å². The number of ether oxygens (including phenoxy) is 1. The number of carboxylic acid groups (broad SMARTS) is 1. The highest BCUT2D eigenvalue weighted by atomic mass is 19.1. The fourth-order valence-electron chi connectivity index (χ4n) is 1.88. The number of halogens is 1. The molecule has 0 unspecified atom stereocenters. The highest BCUT2D eigenvalue weighted by Gasteiger charge is 2.08. The van der Waals surface area contributed by atoms with Crippen LogP contribution in [0.15, 0.2) is 42.5 Å². The number of nitrogens with zero attached hydrogens (tertiary/aromatic N) is 1. The molecule has 2 aromatic rings. The van der Waals surface area contributed by atoms with Crippen LogP contribution in [-0.2, 0) is 6.61 Å². The van der Waals surface area contributed by atoms with E-state index in [9.17, 15) is 9.18 Å². The van der Waals surface area contributed by atoms with Crippen molar-refractivity contribution in [3.8, 4) is 5.75 Å². The summed E-state index contributed by atoms with van der Waals surface area (Å²) in [6, 6.07) is 11.1. The number of hydrogen-bond donors (Lipinski definition) is 1. The van der Waals surface area contributed by atoms with E-state index in [-0.39, 0.29) is 12.2 Å². The molecule has 0 radical (unpaired) electrons. The predicted molar refractivity (Wildman–Crippen MR) is 78.5 cm³/mol. The molecule has 0 saturated carbocycles. The molecule has 0 spiro atoms. The Morgan fingerprint density at radius 3 is 2.67 bits per heavy atom. The molecular formula is C16H16FNO3. The van der Waals surface area contributed by atoms with Gasteiger partial charge in [0.2, 0.25) is 0 Å². The minimum absolute atomic E-state index is 0.0874. The number of aromatic carboxylic acids is 1. The van der Waals surface area contributed by atoms with Gasteiger partial charge < -0.3 is 14.7 Å². The van der Waals surface area contributed by atoms with Gasteiger partial charge in [-0.1, -0.05) is 6.07 Å².